The molecule has 0 bridgehead atoms. The largest absolute Gasteiger partial charge is 0.338 e. The van der Waals surface area contributed by atoms with Crippen LogP contribution in [-0.2, 0) is 4.79 Å². The molecule has 0 radical (unpaired) electrons. The van der Waals surface area contributed by atoms with E-state index in [4.69, 9.17) is 0 Å². The van der Waals surface area contributed by atoms with E-state index in [0.29, 0.717) is 11.9 Å². The van der Waals surface area contributed by atoms with Crippen molar-refractivity contribution in [3.63, 3.8) is 0 Å². The third kappa shape index (κ3) is 2.42. The number of likely N-dealkylation sites (tertiary alicyclic amines) is 1. The van der Waals surface area contributed by atoms with Crippen LogP contribution in [0.5, 0.6) is 0 Å². The second kappa shape index (κ2) is 5.30. The zero-order valence-corrected chi connectivity index (χ0v) is 12.3. The number of alkyl halides is 1. The van der Waals surface area contributed by atoms with Crippen LogP contribution in [0.15, 0.2) is 0 Å². The van der Waals surface area contributed by atoms with E-state index in [-0.39, 0.29) is 4.75 Å². The Hall–Kier alpha value is 0.300. The number of rotatable bonds is 2. The summed E-state index contributed by atoms with van der Waals surface area (Å²) in [5.41, 5.74) is 0. The van der Waals surface area contributed by atoms with Gasteiger partial charge in [-0.1, -0.05) is 15.9 Å². The summed E-state index contributed by atoms with van der Waals surface area (Å²) in [5, 5.41) is 0.930. The zero-order chi connectivity index (χ0) is 11.6. The normalized spacial score (nSPS) is 35.4. The zero-order valence-electron chi connectivity index (χ0n) is 9.88. The van der Waals surface area contributed by atoms with E-state index in [1.165, 1.54) is 19.3 Å². The molecular weight excluding hydrogens is 286 g/mol. The van der Waals surface area contributed by atoms with Gasteiger partial charge in [-0.3, -0.25) is 4.79 Å². The van der Waals surface area contributed by atoms with Crippen molar-refractivity contribution in [2.45, 2.75) is 49.8 Å². The topological polar surface area (TPSA) is 20.3 Å². The summed E-state index contributed by atoms with van der Waals surface area (Å²) >= 11 is 5.40. The molecule has 0 aromatic rings. The first-order valence-corrected chi connectivity index (χ1v) is 8.29. The van der Waals surface area contributed by atoms with E-state index in [9.17, 15) is 4.79 Å². The van der Waals surface area contributed by atoms with Crippen LogP contribution in [0, 0.1) is 0 Å². The Morgan fingerprint density at radius 1 is 1.50 bits per heavy atom. The third-order valence-corrected chi connectivity index (χ3v) is 5.99. The van der Waals surface area contributed by atoms with Crippen LogP contribution in [0.2, 0.25) is 0 Å². The summed E-state index contributed by atoms with van der Waals surface area (Å²) < 4.78 is -0.127. The molecule has 0 aromatic carbocycles. The predicted octanol–water partition coefficient (Wildman–Crippen LogP) is 3.05. The number of carbonyl (C=O) groups excluding carboxylic acids is 1. The van der Waals surface area contributed by atoms with Crippen LogP contribution in [0.3, 0.4) is 0 Å². The minimum Gasteiger partial charge on any atom is -0.338 e. The SMILES string of the molecule is CC1(C(=O)N2CCCCC2CBr)CCCS1. The molecule has 16 heavy (non-hydrogen) atoms. The molecule has 2 saturated heterocycles. The fraction of sp³-hybridized carbons (Fsp3) is 0.917. The summed E-state index contributed by atoms with van der Waals surface area (Å²) in [6, 6.07) is 0.430. The number of thioether (sulfide) groups is 1. The number of hydrogen-bond acceptors (Lipinski definition) is 2. The molecule has 2 atom stereocenters. The molecule has 2 heterocycles. The summed E-state index contributed by atoms with van der Waals surface area (Å²) in [5.74, 6) is 1.54. The predicted molar refractivity (Wildman–Crippen MR) is 73.2 cm³/mol. The first-order chi connectivity index (χ1) is 7.67. The molecule has 2 aliphatic rings. The number of hydrogen-bond donors (Lipinski definition) is 0. The van der Waals surface area contributed by atoms with Crippen LogP contribution in [0.25, 0.3) is 0 Å². The van der Waals surface area contributed by atoms with Crippen molar-refractivity contribution in [2.75, 3.05) is 17.6 Å². The number of nitrogens with zero attached hydrogens (tertiary/aromatic N) is 1. The smallest absolute Gasteiger partial charge is 0.238 e. The van der Waals surface area contributed by atoms with Gasteiger partial charge in [0.25, 0.3) is 0 Å². The first-order valence-electron chi connectivity index (χ1n) is 6.18. The van der Waals surface area contributed by atoms with Crippen molar-refractivity contribution < 1.29 is 4.79 Å². The Labute approximate surface area is 111 Å². The Morgan fingerprint density at radius 3 is 2.94 bits per heavy atom. The Bertz CT molecular complexity index is 266. The van der Waals surface area contributed by atoms with Gasteiger partial charge in [-0.15, -0.1) is 11.8 Å². The highest BCUT2D eigenvalue weighted by Crippen LogP contribution is 2.40. The molecular formula is C12H20BrNOS. The molecule has 2 rings (SSSR count). The van der Waals surface area contributed by atoms with Crippen molar-refractivity contribution in [1.29, 1.82) is 0 Å². The minimum atomic E-state index is -0.127. The molecule has 2 aliphatic heterocycles. The maximum absolute atomic E-state index is 12.6. The van der Waals surface area contributed by atoms with E-state index in [0.717, 1.165) is 30.5 Å². The molecule has 4 heteroatoms. The summed E-state index contributed by atoms with van der Waals surface area (Å²) in [7, 11) is 0. The Balaban J connectivity index is 2.07. The van der Waals surface area contributed by atoms with Crippen molar-refractivity contribution in [1.82, 2.24) is 4.90 Å². The third-order valence-electron chi connectivity index (χ3n) is 3.74. The van der Waals surface area contributed by atoms with Crippen LogP contribution in [0.1, 0.15) is 39.0 Å². The summed E-state index contributed by atoms with van der Waals surface area (Å²) in [6.07, 6.45) is 5.86. The van der Waals surface area contributed by atoms with E-state index >= 15 is 0 Å². The quantitative estimate of drug-likeness (QED) is 0.731. The van der Waals surface area contributed by atoms with E-state index < -0.39 is 0 Å². The van der Waals surface area contributed by atoms with Crippen molar-refractivity contribution in [3.05, 3.63) is 0 Å². The van der Waals surface area contributed by atoms with Crippen LogP contribution in [-0.4, -0.2) is 39.2 Å². The molecule has 0 aromatic heterocycles. The highest BCUT2D eigenvalue weighted by molar-refractivity contribution is 9.09. The lowest BCUT2D eigenvalue weighted by atomic mass is 9.98. The minimum absolute atomic E-state index is 0.127. The molecule has 1 amide bonds. The van der Waals surface area contributed by atoms with Gasteiger partial charge in [0, 0.05) is 17.9 Å². The number of amides is 1. The Kier molecular flexibility index (Phi) is 4.22. The van der Waals surface area contributed by atoms with Gasteiger partial charge in [-0.25, -0.2) is 0 Å². The van der Waals surface area contributed by atoms with E-state index in [1.807, 2.05) is 11.8 Å². The summed E-state index contributed by atoms with van der Waals surface area (Å²) in [6.45, 7) is 3.10. The lowest BCUT2D eigenvalue weighted by Gasteiger charge is -2.39. The Morgan fingerprint density at radius 2 is 2.31 bits per heavy atom. The van der Waals surface area contributed by atoms with Crippen LogP contribution in [0.4, 0.5) is 0 Å². The lowest BCUT2D eigenvalue weighted by Crippen LogP contribution is -2.51. The van der Waals surface area contributed by atoms with Crippen molar-refractivity contribution >= 4 is 33.6 Å². The number of piperidine rings is 1. The molecule has 2 nitrogen and oxygen atoms in total. The van der Waals surface area contributed by atoms with Crippen molar-refractivity contribution in [2.24, 2.45) is 0 Å². The molecule has 0 saturated carbocycles. The molecule has 0 N–H and O–H groups in total. The highest BCUT2D eigenvalue weighted by Gasteiger charge is 2.42. The van der Waals surface area contributed by atoms with Crippen LogP contribution >= 0.6 is 27.7 Å². The van der Waals surface area contributed by atoms with Gasteiger partial charge < -0.3 is 4.90 Å². The lowest BCUT2D eigenvalue weighted by molar-refractivity contribution is -0.136. The monoisotopic (exact) mass is 305 g/mol. The average molecular weight is 306 g/mol. The molecule has 92 valence electrons. The standard InChI is InChI=1S/C12H20BrNOS/c1-12(6-4-8-16-12)11(15)14-7-3-2-5-10(14)9-13/h10H,2-9H2,1H3. The van der Waals surface area contributed by atoms with Crippen molar-refractivity contribution in [3.8, 4) is 0 Å². The van der Waals surface area contributed by atoms with Gasteiger partial charge in [0.15, 0.2) is 0 Å². The van der Waals surface area contributed by atoms with E-state index in [2.05, 4.69) is 27.8 Å². The maximum Gasteiger partial charge on any atom is 0.238 e. The van der Waals surface area contributed by atoms with Gasteiger partial charge in [-0.05, 0) is 44.8 Å². The van der Waals surface area contributed by atoms with Gasteiger partial charge in [0.05, 0.1) is 4.75 Å². The van der Waals surface area contributed by atoms with Gasteiger partial charge in [0.1, 0.15) is 0 Å². The first kappa shape index (κ1) is 12.7. The fourth-order valence-electron chi connectivity index (χ4n) is 2.68. The second-order valence-corrected chi connectivity index (χ2v) is 7.23. The molecule has 0 spiro atoms. The van der Waals surface area contributed by atoms with Crippen LogP contribution < -0.4 is 0 Å². The highest BCUT2D eigenvalue weighted by atomic mass is 79.9. The fourth-order valence-corrected chi connectivity index (χ4v) is 4.62. The van der Waals surface area contributed by atoms with Gasteiger partial charge in [0.2, 0.25) is 5.91 Å². The molecule has 2 fully saturated rings. The van der Waals surface area contributed by atoms with E-state index in [1.54, 1.807) is 0 Å². The van der Waals surface area contributed by atoms with Gasteiger partial charge >= 0.3 is 0 Å². The number of halogens is 1. The average Bonchev–Trinajstić information content (AvgIpc) is 2.76. The molecule has 0 aliphatic carbocycles. The number of carbonyl (C=O) groups is 1. The maximum atomic E-state index is 12.6. The van der Waals surface area contributed by atoms with Gasteiger partial charge in [-0.2, -0.15) is 0 Å². The second-order valence-electron chi connectivity index (χ2n) is 4.99. The molecule has 2 unspecified atom stereocenters. The summed E-state index contributed by atoms with van der Waals surface area (Å²) in [4.78, 5) is 14.7.